The number of urea groups is 1. The molecule has 1 aromatic heterocycles. The number of carbonyl (C=O) groups excluding carboxylic acids is 1. The molecule has 1 heterocycles. The number of likely N-dealkylation sites (N-methyl/N-ethyl adjacent to an activating group) is 1. The van der Waals surface area contributed by atoms with Gasteiger partial charge in [0.05, 0.1) is 10.2 Å². The van der Waals surface area contributed by atoms with Crippen LogP contribution < -0.4 is 15.0 Å². The summed E-state index contributed by atoms with van der Waals surface area (Å²) < 4.78 is 42.0. The lowest BCUT2D eigenvalue weighted by Crippen LogP contribution is -2.43. The van der Waals surface area contributed by atoms with Crippen molar-refractivity contribution in [2.45, 2.75) is 19.2 Å². The largest absolute Gasteiger partial charge is 0.573 e. The van der Waals surface area contributed by atoms with Gasteiger partial charge in [-0.05, 0) is 44.6 Å². The van der Waals surface area contributed by atoms with E-state index in [9.17, 15) is 18.0 Å². The second-order valence-corrected chi connectivity index (χ2v) is 8.46. The molecule has 2 amide bonds. The van der Waals surface area contributed by atoms with Crippen LogP contribution in [0.1, 0.15) is 12.0 Å². The molecular weight excluding hydrogens is 477 g/mol. The molecule has 3 aromatic rings. The number of benzene rings is 2. The first-order valence-electron chi connectivity index (χ1n) is 10.1. The molecule has 3 rings (SSSR count). The summed E-state index contributed by atoms with van der Waals surface area (Å²) in [6, 6.07) is 13.7. The molecule has 0 bridgehead atoms. The smallest absolute Gasteiger partial charge is 0.406 e. The van der Waals surface area contributed by atoms with Gasteiger partial charge in [-0.1, -0.05) is 41.7 Å². The lowest BCUT2D eigenvalue weighted by atomic mass is 10.1. The van der Waals surface area contributed by atoms with E-state index in [4.69, 9.17) is 0 Å². The quantitative estimate of drug-likeness (QED) is 0.402. The third-order valence-corrected chi connectivity index (χ3v) is 5.63. The van der Waals surface area contributed by atoms with Crippen molar-refractivity contribution in [3.8, 4) is 5.75 Å². The Labute approximate surface area is 200 Å². The molecule has 0 atom stereocenters. The number of amides is 2. The van der Waals surface area contributed by atoms with Crippen molar-refractivity contribution < 1.29 is 22.7 Å². The Bertz CT molecular complexity index is 1030. The van der Waals surface area contributed by atoms with Crippen LogP contribution in [0.3, 0.4) is 0 Å². The first kappa shape index (κ1) is 26.7. The number of carbonyl (C=O) groups is 1. The molecule has 0 aliphatic rings. The summed E-state index contributed by atoms with van der Waals surface area (Å²) in [5.74, 6) is -0.314. The number of ether oxygens (including phenoxy) is 1. The van der Waals surface area contributed by atoms with E-state index in [-0.39, 0.29) is 24.2 Å². The van der Waals surface area contributed by atoms with Crippen molar-refractivity contribution in [2.75, 3.05) is 38.6 Å². The maximum Gasteiger partial charge on any atom is 0.573 e. The highest BCUT2D eigenvalue weighted by Gasteiger charge is 2.31. The molecule has 0 radical (unpaired) electrons. The topological polar surface area (TPSA) is 57.7 Å². The van der Waals surface area contributed by atoms with Crippen LogP contribution in [0.15, 0.2) is 48.5 Å². The van der Waals surface area contributed by atoms with Crippen molar-refractivity contribution in [2.24, 2.45) is 0 Å². The lowest BCUT2D eigenvalue weighted by Gasteiger charge is -2.22. The third-order valence-electron chi connectivity index (χ3n) is 4.59. The molecule has 180 valence electrons. The molecule has 0 fully saturated rings. The van der Waals surface area contributed by atoms with Crippen molar-refractivity contribution in [3.63, 3.8) is 0 Å². The minimum atomic E-state index is -4.77. The highest BCUT2D eigenvalue weighted by Crippen LogP contribution is 2.33. The number of fused-ring (bicyclic) bond motifs is 1. The van der Waals surface area contributed by atoms with Gasteiger partial charge in [0.15, 0.2) is 5.13 Å². The summed E-state index contributed by atoms with van der Waals surface area (Å²) in [6.07, 6.45) is -3.13. The molecule has 0 aliphatic heterocycles. The second kappa shape index (κ2) is 12.1. The van der Waals surface area contributed by atoms with Crippen LogP contribution >= 0.6 is 23.7 Å². The predicted molar refractivity (Wildman–Crippen MR) is 128 cm³/mol. The lowest BCUT2D eigenvalue weighted by molar-refractivity contribution is -0.274. The number of nitrogens with one attached hydrogen (secondary N) is 1. The van der Waals surface area contributed by atoms with Crippen LogP contribution in [0.5, 0.6) is 5.75 Å². The van der Waals surface area contributed by atoms with Crippen LogP contribution in [0.2, 0.25) is 0 Å². The Morgan fingerprint density at radius 1 is 1.12 bits per heavy atom. The van der Waals surface area contributed by atoms with Crippen molar-refractivity contribution in [1.82, 2.24) is 15.2 Å². The fourth-order valence-corrected chi connectivity index (χ4v) is 4.04. The highest BCUT2D eigenvalue weighted by molar-refractivity contribution is 7.22. The van der Waals surface area contributed by atoms with E-state index in [1.54, 1.807) is 0 Å². The standard InChI is InChI=1S/C22H25F3N4O2S.ClH/c1-28(2)13-14-29(20(30)26-12-6-9-16-7-4-3-5-8-16)21-27-18-11-10-17(15-19(18)32-21)31-22(23,24)25;/h3-5,7-8,10-11,15H,6,9,12-14H2,1-2H3,(H,26,30);1H. The van der Waals surface area contributed by atoms with Gasteiger partial charge >= 0.3 is 12.4 Å². The van der Waals surface area contributed by atoms with Crippen LogP contribution in [0.4, 0.5) is 23.1 Å². The minimum Gasteiger partial charge on any atom is -0.406 e. The van der Waals surface area contributed by atoms with Crippen LogP contribution in [-0.2, 0) is 6.42 Å². The van der Waals surface area contributed by atoms with Crippen LogP contribution in [0.25, 0.3) is 10.2 Å². The molecule has 33 heavy (non-hydrogen) atoms. The second-order valence-electron chi connectivity index (χ2n) is 7.45. The molecule has 0 spiro atoms. The van der Waals surface area contributed by atoms with Gasteiger partial charge in [0, 0.05) is 25.7 Å². The van der Waals surface area contributed by atoms with Gasteiger partial charge in [-0.15, -0.1) is 25.6 Å². The minimum absolute atomic E-state index is 0. The third kappa shape index (κ3) is 8.38. The van der Waals surface area contributed by atoms with E-state index in [2.05, 4.69) is 15.0 Å². The van der Waals surface area contributed by atoms with Crippen LogP contribution in [-0.4, -0.2) is 56.0 Å². The van der Waals surface area contributed by atoms with Gasteiger partial charge in [0.2, 0.25) is 0 Å². The summed E-state index contributed by atoms with van der Waals surface area (Å²) in [5, 5.41) is 3.35. The molecule has 11 heteroatoms. The molecule has 0 unspecified atom stereocenters. The number of anilines is 1. The zero-order valence-corrected chi connectivity index (χ0v) is 19.9. The Balaban J connectivity index is 0.00000385. The summed E-state index contributed by atoms with van der Waals surface area (Å²) in [5.41, 5.74) is 1.71. The average Bonchev–Trinajstić information content (AvgIpc) is 3.13. The monoisotopic (exact) mass is 502 g/mol. The van der Waals surface area contributed by atoms with E-state index in [0.29, 0.717) is 35.0 Å². The maximum atomic E-state index is 12.9. The number of alkyl halides is 3. The average molecular weight is 503 g/mol. The van der Waals surface area contributed by atoms with Gasteiger partial charge < -0.3 is 15.0 Å². The highest BCUT2D eigenvalue weighted by atomic mass is 35.5. The number of nitrogens with zero attached hydrogens (tertiary/aromatic N) is 3. The molecule has 0 saturated heterocycles. The van der Waals surface area contributed by atoms with E-state index in [1.807, 2.05) is 49.3 Å². The normalized spacial score (nSPS) is 11.3. The number of rotatable bonds is 9. The van der Waals surface area contributed by atoms with Crippen molar-refractivity contribution in [1.29, 1.82) is 0 Å². The van der Waals surface area contributed by atoms with Gasteiger partial charge in [0.1, 0.15) is 5.75 Å². The fourth-order valence-electron chi connectivity index (χ4n) is 3.02. The molecule has 6 nitrogen and oxygen atoms in total. The number of hydrogen-bond donors (Lipinski definition) is 1. The number of aryl methyl sites for hydroxylation is 1. The van der Waals surface area contributed by atoms with Gasteiger partial charge in [-0.25, -0.2) is 9.78 Å². The Morgan fingerprint density at radius 3 is 2.52 bits per heavy atom. The first-order chi connectivity index (χ1) is 15.2. The summed E-state index contributed by atoms with van der Waals surface area (Å²) in [4.78, 5) is 20.8. The van der Waals surface area contributed by atoms with E-state index >= 15 is 0 Å². The zero-order chi connectivity index (χ0) is 23.1. The summed E-state index contributed by atoms with van der Waals surface area (Å²) in [7, 11) is 3.80. The molecule has 0 saturated carbocycles. The Morgan fingerprint density at radius 2 is 1.85 bits per heavy atom. The molecule has 2 aromatic carbocycles. The molecule has 0 aliphatic carbocycles. The van der Waals surface area contributed by atoms with E-state index in [1.165, 1.54) is 28.7 Å². The number of aromatic nitrogens is 1. The van der Waals surface area contributed by atoms with E-state index < -0.39 is 6.36 Å². The summed E-state index contributed by atoms with van der Waals surface area (Å²) in [6.45, 7) is 1.50. The van der Waals surface area contributed by atoms with Gasteiger partial charge in [-0.2, -0.15) is 0 Å². The predicted octanol–water partition coefficient (Wildman–Crippen LogP) is 5.33. The Hall–Kier alpha value is -2.56. The SMILES string of the molecule is CN(C)CCN(C(=O)NCCCc1ccccc1)c1nc2ccc(OC(F)(F)F)cc2s1.Cl. The van der Waals surface area contributed by atoms with Gasteiger partial charge in [0.25, 0.3) is 0 Å². The molecule has 1 N–H and O–H groups in total. The first-order valence-corrected chi connectivity index (χ1v) is 10.9. The fraction of sp³-hybridized carbons (Fsp3) is 0.364. The van der Waals surface area contributed by atoms with Crippen molar-refractivity contribution >= 4 is 45.1 Å². The Kier molecular flexibility index (Phi) is 9.75. The van der Waals surface area contributed by atoms with Crippen LogP contribution in [0, 0.1) is 0 Å². The van der Waals surface area contributed by atoms with Crippen molar-refractivity contribution in [3.05, 3.63) is 54.1 Å². The molecular formula is C22H26ClF3N4O2S. The van der Waals surface area contributed by atoms with E-state index in [0.717, 1.165) is 24.2 Å². The maximum absolute atomic E-state index is 12.9. The number of hydrogen-bond acceptors (Lipinski definition) is 5. The van der Waals surface area contributed by atoms with Gasteiger partial charge in [-0.3, -0.25) is 4.90 Å². The number of thiazole rings is 1. The zero-order valence-electron chi connectivity index (χ0n) is 18.3. The number of halogens is 4. The summed E-state index contributed by atoms with van der Waals surface area (Å²) >= 11 is 1.15.